The van der Waals surface area contributed by atoms with Gasteiger partial charge in [-0.15, -0.1) is 0 Å². The molecule has 1 fully saturated rings. The minimum Gasteiger partial charge on any atom is -0.447 e. The molecule has 3 rings (SSSR count). The van der Waals surface area contributed by atoms with Crippen molar-refractivity contribution in [3.05, 3.63) is 64.7 Å². The zero-order valence-corrected chi connectivity index (χ0v) is 16.9. The van der Waals surface area contributed by atoms with E-state index in [-0.39, 0.29) is 18.0 Å². The van der Waals surface area contributed by atoms with Gasteiger partial charge in [0.05, 0.1) is 12.6 Å². The Kier molecular flexibility index (Phi) is 6.57. The van der Waals surface area contributed by atoms with Crippen LogP contribution in [0.3, 0.4) is 0 Å². The summed E-state index contributed by atoms with van der Waals surface area (Å²) >= 11 is 6.01. The molecule has 0 aromatic heterocycles. The van der Waals surface area contributed by atoms with Crippen molar-refractivity contribution in [2.75, 3.05) is 18.1 Å². The quantitative estimate of drug-likeness (QED) is 0.694. The molecule has 2 aromatic rings. The van der Waals surface area contributed by atoms with E-state index in [1.54, 1.807) is 24.3 Å². The van der Waals surface area contributed by atoms with Crippen LogP contribution >= 0.6 is 11.6 Å². The normalized spacial score (nSPS) is 14.9. The van der Waals surface area contributed by atoms with Crippen molar-refractivity contribution >= 4 is 29.3 Å². The van der Waals surface area contributed by atoms with Gasteiger partial charge in [-0.05, 0) is 54.7 Å². The number of anilines is 1. The summed E-state index contributed by atoms with van der Waals surface area (Å²) in [6.07, 6.45) is 1.45. The molecule has 2 aromatic carbocycles. The molecule has 1 unspecified atom stereocenters. The largest absolute Gasteiger partial charge is 0.447 e. The first-order valence-corrected chi connectivity index (χ1v) is 9.92. The average Bonchev–Trinajstić information content (AvgIpc) is 3.11. The lowest BCUT2D eigenvalue weighted by Gasteiger charge is -2.21. The number of nitrogens with one attached hydrogen (secondary N) is 1. The number of benzene rings is 2. The number of hydrogen-bond donors (Lipinski definition) is 1. The van der Waals surface area contributed by atoms with Crippen LogP contribution in [0.4, 0.5) is 10.5 Å². The van der Waals surface area contributed by atoms with Crippen molar-refractivity contribution in [1.29, 1.82) is 0 Å². The highest BCUT2D eigenvalue weighted by Crippen LogP contribution is 2.24. The molecule has 1 aliphatic heterocycles. The Morgan fingerprint density at radius 3 is 2.57 bits per heavy atom. The van der Waals surface area contributed by atoms with E-state index >= 15 is 0 Å². The summed E-state index contributed by atoms with van der Waals surface area (Å²) in [5, 5.41) is 3.81. The van der Waals surface area contributed by atoms with Crippen LogP contribution in [0.15, 0.2) is 48.5 Å². The Morgan fingerprint density at radius 2 is 1.93 bits per heavy atom. The standard InChI is InChI=1S/C22H25ClN2O3/c1-15(2)6-11-20(16-7-9-18(23)10-8-16)24-21(26)17-4-3-5-19(14-17)25-12-13-28-22(25)27/h3-5,7-10,14-15,20H,6,11-13H2,1-2H3,(H,24,26). The first-order valence-electron chi connectivity index (χ1n) is 9.54. The maximum Gasteiger partial charge on any atom is 0.414 e. The second-order valence-electron chi connectivity index (χ2n) is 7.37. The second-order valence-corrected chi connectivity index (χ2v) is 7.80. The molecule has 0 saturated carbocycles. The average molecular weight is 401 g/mol. The van der Waals surface area contributed by atoms with E-state index in [9.17, 15) is 9.59 Å². The summed E-state index contributed by atoms with van der Waals surface area (Å²) in [4.78, 5) is 26.2. The van der Waals surface area contributed by atoms with Crippen LogP contribution < -0.4 is 10.2 Å². The highest BCUT2D eigenvalue weighted by atomic mass is 35.5. The number of ether oxygens (including phenoxy) is 1. The van der Waals surface area contributed by atoms with Gasteiger partial charge in [-0.25, -0.2) is 4.79 Å². The Bertz CT molecular complexity index is 836. The number of carbonyl (C=O) groups is 2. The number of cyclic esters (lactones) is 1. The fourth-order valence-corrected chi connectivity index (χ4v) is 3.33. The summed E-state index contributed by atoms with van der Waals surface area (Å²) in [5.41, 5.74) is 2.21. The number of halogens is 1. The monoisotopic (exact) mass is 400 g/mol. The molecule has 28 heavy (non-hydrogen) atoms. The van der Waals surface area contributed by atoms with Crippen LogP contribution in [-0.2, 0) is 4.74 Å². The molecular formula is C22H25ClN2O3. The van der Waals surface area contributed by atoms with Crippen molar-refractivity contribution in [1.82, 2.24) is 5.32 Å². The molecular weight excluding hydrogens is 376 g/mol. The van der Waals surface area contributed by atoms with E-state index in [1.165, 1.54) is 4.90 Å². The number of rotatable bonds is 7. The van der Waals surface area contributed by atoms with Crippen LogP contribution in [0.25, 0.3) is 0 Å². The van der Waals surface area contributed by atoms with E-state index < -0.39 is 0 Å². The molecule has 1 heterocycles. The molecule has 0 bridgehead atoms. The topological polar surface area (TPSA) is 58.6 Å². The van der Waals surface area contributed by atoms with Crippen molar-refractivity contribution in [3.8, 4) is 0 Å². The van der Waals surface area contributed by atoms with Gasteiger partial charge in [0.25, 0.3) is 5.91 Å². The van der Waals surface area contributed by atoms with E-state index in [0.717, 1.165) is 18.4 Å². The van der Waals surface area contributed by atoms with Crippen LogP contribution in [0.5, 0.6) is 0 Å². The van der Waals surface area contributed by atoms with E-state index in [4.69, 9.17) is 16.3 Å². The van der Waals surface area contributed by atoms with Crippen LogP contribution in [0.1, 0.15) is 48.7 Å². The van der Waals surface area contributed by atoms with Crippen molar-refractivity contribution in [3.63, 3.8) is 0 Å². The highest BCUT2D eigenvalue weighted by molar-refractivity contribution is 6.30. The predicted molar refractivity (Wildman–Crippen MR) is 111 cm³/mol. The Balaban J connectivity index is 1.77. The molecule has 6 heteroatoms. The van der Waals surface area contributed by atoms with Crippen LogP contribution in [-0.4, -0.2) is 25.2 Å². The van der Waals surface area contributed by atoms with Gasteiger partial charge in [-0.2, -0.15) is 0 Å². The van der Waals surface area contributed by atoms with Gasteiger partial charge in [-0.1, -0.05) is 43.6 Å². The molecule has 1 N–H and O–H groups in total. The van der Waals surface area contributed by atoms with Gasteiger partial charge < -0.3 is 10.1 Å². The van der Waals surface area contributed by atoms with Gasteiger partial charge >= 0.3 is 6.09 Å². The minimum absolute atomic E-state index is 0.104. The molecule has 1 saturated heterocycles. The van der Waals surface area contributed by atoms with Crippen molar-refractivity contribution < 1.29 is 14.3 Å². The Labute approximate surface area is 170 Å². The smallest absolute Gasteiger partial charge is 0.414 e. The molecule has 0 spiro atoms. The first kappa shape index (κ1) is 20.2. The van der Waals surface area contributed by atoms with Gasteiger partial charge in [0, 0.05) is 16.3 Å². The third-order valence-electron chi connectivity index (χ3n) is 4.79. The fraction of sp³-hybridized carbons (Fsp3) is 0.364. The lowest BCUT2D eigenvalue weighted by molar-refractivity contribution is 0.0933. The Hall–Kier alpha value is -2.53. The van der Waals surface area contributed by atoms with Crippen molar-refractivity contribution in [2.24, 2.45) is 5.92 Å². The lowest BCUT2D eigenvalue weighted by Crippen LogP contribution is -2.29. The first-order chi connectivity index (χ1) is 13.4. The van der Waals surface area contributed by atoms with E-state index in [1.807, 2.05) is 24.3 Å². The minimum atomic E-state index is -0.381. The van der Waals surface area contributed by atoms with Crippen LogP contribution in [0, 0.1) is 5.92 Å². The number of nitrogens with zero attached hydrogens (tertiary/aromatic N) is 1. The SMILES string of the molecule is CC(C)CCC(NC(=O)c1cccc(N2CCOC2=O)c1)c1ccc(Cl)cc1. The van der Waals surface area contributed by atoms with Gasteiger partial charge in [-0.3, -0.25) is 9.69 Å². The molecule has 5 nitrogen and oxygen atoms in total. The summed E-state index contributed by atoms with van der Waals surface area (Å²) in [7, 11) is 0. The fourth-order valence-electron chi connectivity index (χ4n) is 3.20. The lowest BCUT2D eigenvalue weighted by atomic mass is 9.97. The molecule has 1 atom stereocenters. The van der Waals surface area contributed by atoms with Gasteiger partial charge in [0.15, 0.2) is 0 Å². The zero-order valence-electron chi connectivity index (χ0n) is 16.2. The van der Waals surface area contributed by atoms with Crippen LogP contribution in [0.2, 0.25) is 5.02 Å². The molecule has 148 valence electrons. The van der Waals surface area contributed by atoms with E-state index in [0.29, 0.717) is 35.3 Å². The highest BCUT2D eigenvalue weighted by Gasteiger charge is 2.24. The Morgan fingerprint density at radius 1 is 1.18 bits per heavy atom. The number of amides is 2. The third-order valence-corrected chi connectivity index (χ3v) is 5.04. The second kappa shape index (κ2) is 9.11. The predicted octanol–water partition coefficient (Wildman–Crippen LogP) is 5.20. The molecule has 2 amide bonds. The third kappa shape index (κ3) is 5.04. The summed E-state index contributed by atoms with van der Waals surface area (Å²) in [5.74, 6) is 0.370. The van der Waals surface area contributed by atoms with Gasteiger partial charge in [0.2, 0.25) is 0 Å². The maximum absolute atomic E-state index is 12.9. The van der Waals surface area contributed by atoms with Crippen molar-refractivity contribution in [2.45, 2.75) is 32.7 Å². The maximum atomic E-state index is 12.9. The summed E-state index contributed by atoms with van der Waals surface area (Å²) in [6, 6.07) is 14.5. The summed E-state index contributed by atoms with van der Waals surface area (Å²) < 4.78 is 4.98. The summed E-state index contributed by atoms with van der Waals surface area (Å²) in [6.45, 7) is 5.19. The zero-order chi connectivity index (χ0) is 20.1. The molecule has 0 aliphatic carbocycles. The molecule has 0 radical (unpaired) electrons. The number of hydrogen-bond acceptors (Lipinski definition) is 3. The van der Waals surface area contributed by atoms with E-state index in [2.05, 4.69) is 19.2 Å². The molecule has 1 aliphatic rings. The number of carbonyl (C=O) groups excluding carboxylic acids is 2. The van der Waals surface area contributed by atoms with Gasteiger partial charge in [0.1, 0.15) is 6.61 Å².